The van der Waals surface area contributed by atoms with Gasteiger partial charge in [-0.25, -0.2) is 0 Å². The van der Waals surface area contributed by atoms with Gasteiger partial charge < -0.3 is 14.3 Å². The smallest absolute Gasteiger partial charge is 0.154 e. The SMILES string of the molecule is C=C.C=C(O)CC(C[N+](C)(C)C)OC(=CCC)CC.CC. The highest BCUT2D eigenvalue weighted by molar-refractivity contribution is 4.94. The van der Waals surface area contributed by atoms with Gasteiger partial charge in [-0.1, -0.05) is 34.3 Å². The maximum Gasteiger partial charge on any atom is 0.154 e. The van der Waals surface area contributed by atoms with Crippen LogP contribution in [0, 0.1) is 0 Å². The van der Waals surface area contributed by atoms with Crippen molar-refractivity contribution >= 4 is 0 Å². The predicted octanol–water partition coefficient (Wildman–Crippen LogP) is 5.07. The molecule has 1 unspecified atom stereocenters. The van der Waals surface area contributed by atoms with Gasteiger partial charge in [-0.2, -0.15) is 0 Å². The second kappa shape index (κ2) is 15.2. The first-order valence-corrected chi connectivity index (χ1v) is 7.81. The summed E-state index contributed by atoms with van der Waals surface area (Å²) < 4.78 is 6.76. The number of hydrogen-bond acceptors (Lipinski definition) is 2. The van der Waals surface area contributed by atoms with Gasteiger partial charge in [0.2, 0.25) is 0 Å². The van der Waals surface area contributed by atoms with E-state index in [9.17, 15) is 5.11 Å². The van der Waals surface area contributed by atoms with Gasteiger partial charge in [-0.3, -0.25) is 0 Å². The molecule has 126 valence electrons. The van der Waals surface area contributed by atoms with E-state index in [0.717, 1.165) is 29.6 Å². The molecule has 0 bridgehead atoms. The van der Waals surface area contributed by atoms with Gasteiger partial charge in [-0.05, 0) is 12.5 Å². The molecule has 0 aliphatic carbocycles. The topological polar surface area (TPSA) is 29.5 Å². The quantitative estimate of drug-likeness (QED) is 0.385. The van der Waals surface area contributed by atoms with Crippen LogP contribution >= 0.6 is 0 Å². The number of likely N-dealkylation sites (N-methyl/N-ethyl adjacent to an activating group) is 1. The fraction of sp³-hybridized carbons (Fsp3) is 0.667. The molecule has 0 fully saturated rings. The summed E-state index contributed by atoms with van der Waals surface area (Å²) in [6.07, 6.45) is 4.45. The summed E-state index contributed by atoms with van der Waals surface area (Å²) in [4.78, 5) is 0. The van der Waals surface area contributed by atoms with E-state index in [-0.39, 0.29) is 11.9 Å². The molecule has 3 heteroatoms. The first-order valence-electron chi connectivity index (χ1n) is 7.81. The van der Waals surface area contributed by atoms with Crippen molar-refractivity contribution < 1.29 is 14.3 Å². The van der Waals surface area contributed by atoms with Crippen LogP contribution in [0.3, 0.4) is 0 Å². The summed E-state index contributed by atoms with van der Waals surface area (Å²) in [5, 5.41) is 9.33. The Morgan fingerprint density at radius 1 is 1.19 bits per heavy atom. The molecule has 0 radical (unpaired) electrons. The van der Waals surface area contributed by atoms with E-state index in [1.807, 2.05) is 13.8 Å². The minimum absolute atomic E-state index is 0.00903. The number of allylic oxidation sites excluding steroid dienone is 2. The summed E-state index contributed by atoms with van der Waals surface area (Å²) in [6, 6.07) is 0. The summed E-state index contributed by atoms with van der Waals surface area (Å²) in [5.74, 6) is 1.20. The van der Waals surface area contributed by atoms with Crippen LogP contribution in [-0.4, -0.2) is 43.4 Å². The molecule has 0 saturated carbocycles. The van der Waals surface area contributed by atoms with Crippen LogP contribution in [0.25, 0.3) is 0 Å². The molecular formula is C18H38NO2+. The molecule has 1 atom stereocenters. The normalized spacial score (nSPS) is 12.2. The Hall–Kier alpha value is -1.22. The average Bonchev–Trinajstić information content (AvgIpc) is 2.40. The highest BCUT2D eigenvalue weighted by Gasteiger charge is 2.21. The molecular weight excluding hydrogens is 262 g/mol. The molecule has 0 rings (SSSR count). The van der Waals surface area contributed by atoms with E-state index in [0.29, 0.717) is 6.42 Å². The highest BCUT2D eigenvalue weighted by atomic mass is 16.5. The Bertz CT molecular complexity index is 277. The predicted molar refractivity (Wildman–Crippen MR) is 95.4 cm³/mol. The Kier molecular flexibility index (Phi) is 17.9. The van der Waals surface area contributed by atoms with Crippen molar-refractivity contribution in [2.24, 2.45) is 0 Å². The third-order valence-corrected chi connectivity index (χ3v) is 2.31. The number of aliphatic hydroxyl groups is 1. The van der Waals surface area contributed by atoms with Crippen LogP contribution in [0.2, 0.25) is 0 Å². The van der Waals surface area contributed by atoms with E-state index in [1.165, 1.54) is 0 Å². The minimum atomic E-state index is -0.00903. The molecule has 21 heavy (non-hydrogen) atoms. The first kappa shape index (κ1) is 24.8. The second-order valence-corrected chi connectivity index (χ2v) is 5.42. The molecule has 0 aromatic rings. The molecule has 0 aliphatic heterocycles. The van der Waals surface area contributed by atoms with Crippen molar-refractivity contribution in [2.75, 3.05) is 27.7 Å². The lowest BCUT2D eigenvalue weighted by Crippen LogP contribution is -2.42. The van der Waals surface area contributed by atoms with Crippen LogP contribution in [0.1, 0.15) is 47.0 Å². The fourth-order valence-electron chi connectivity index (χ4n) is 1.73. The lowest BCUT2D eigenvalue weighted by molar-refractivity contribution is -0.873. The van der Waals surface area contributed by atoms with Crippen molar-refractivity contribution in [3.05, 3.63) is 37.3 Å². The second-order valence-electron chi connectivity index (χ2n) is 5.42. The number of hydrogen-bond donors (Lipinski definition) is 1. The Morgan fingerprint density at radius 2 is 1.67 bits per heavy atom. The van der Waals surface area contributed by atoms with Crippen LogP contribution in [0.15, 0.2) is 37.3 Å². The standard InChI is InChI=1S/C14H27NO2.C2H6.C2H4/c1-7-9-13(8-2)17-14(10-12(3)16)11-15(4,5)6;2*1-2/h9,14H,3,7-8,10-11H2,1-2,4-6H3;1-2H3;1-2H2/p+1. The maximum absolute atomic E-state index is 9.33. The number of quaternary nitrogens is 1. The highest BCUT2D eigenvalue weighted by Crippen LogP contribution is 2.15. The molecule has 1 N–H and O–H groups in total. The third kappa shape index (κ3) is 18.8. The minimum Gasteiger partial charge on any atom is -0.513 e. The van der Waals surface area contributed by atoms with Gasteiger partial charge in [0, 0.05) is 12.8 Å². The summed E-state index contributed by atoms with van der Waals surface area (Å²) in [7, 11) is 6.35. The number of aliphatic hydroxyl groups excluding tert-OH is 1. The first-order chi connectivity index (χ1) is 9.78. The molecule has 0 spiro atoms. The molecule has 0 aromatic heterocycles. The van der Waals surface area contributed by atoms with E-state index in [1.54, 1.807) is 0 Å². The molecule has 0 aliphatic rings. The summed E-state index contributed by atoms with van der Waals surface area (Å²) >= 11 is 0. The van der Waals surface area contributed by atoms with Crippen LogP contribution < -0.4 is 0 Å². The van der Waals surface area contributed by atoms with E-state index in [4.69, 9.17) is 4.74 Å². The molecule has 0 amide bonds. The average molecular weight is 301 g/mol. The fourth-order valence-corrected chi connectivity index (χ4v) is 1.73. The molecule has 3 nitrogen and oxygen atoms in total. The zero-order valence-corrected chi connectivity index (χ0v) is 15.4. The zero-order valence-electron chi connectivity index (χ0n) is 15.4. The van der Waals surface area contributed by atoms with Crippen molar-refractivity contribution in [3.63, 3.8) is 0 Å². The number of ether oxygens (including phenoxy) is 1. The summed E-state index contributed by atoms with van der Waals surface area (Å²) in [6.45, 7) is 18.6. The Morgan fingerprint density at radius 3 is 1.95 bits per heavy atom. The number of rotatable bonds is 8. The summed E-state index contributed by atoms with van der Waals surface area (Å²) in [5.41, 5.74) is 0. The van der Waals surface area contributed by atoms with Crippen molar-refractivity contribution in [3.8, 4) is 0 Å². The number of nitrogens with zero attached hydrogens (tertiary/aromatic N) is 1. The van der Waals surface area contributed by atoms with Gasteiger partial charge >= 0.3 is 0 Å². The lowest BCUT2D eigenvalue weighted by atomic mass is 10.2. The van der Waals surface area contributed by atoms with Gasteiger partial charge in [0.15, 0.2) is 6.10 Å². The van der Waals surface area contributed by atoms with Crippen molar-refractivity contribution in [1.82, 2.24) is 0 Å². The maximum atomic E-state index is 9.33. The van der Waals surface area contributed by atoms with Gasteiger partial charge in [0.25, 0.3) is 0 Å². The monoisotopic (exact) mass is 300 g/mol. The van der Waals surface area contributed by atoms with Gasteiger partial charge in [0.1, 0.15) is 6.54 Å². The van der Waals surface area contributed by atoms with Gasteiger partial charge in [0.05, 0.1) is 32.7 Å². The van der Waals surface area contributed by atoms with Crippen LogP contribution in [-0.2, 0) is 4.74 Å². The van der Waals surface area contributed by atoms with E-state index >= 15 is 0 Å². The largest absolute Gasteiger partial charge is 0.513 e. The third-order valence-electron chi connectivity index (χ3n) is 2.31. The van der Waals surface area contributed by atoms with Crippen LogP contribution in [0.4, 0.5) is 0 Å². The lowest BCUT2D eigenvalue weighted by Gasteiger charge is -2.30. The van der Waals surface area contributed by atoms with Crippen molar-refractivity contribution in [2.45, 2.75) is 53.1 Å². The molecule has 0 heterocycles. The Labute approximate surface area is 133 Å². The van der Waals surface area contributed by atoms with Crippen molar-refractivity contribution in [1.29, 1.82) is 0 Å². The zero-order chi connectivity index (χ0) is 17.5. The Balaban J connectivity index is -0.000000739. The van der Waals surface area contributed by atoms with Crippen LogP contribution in [0.5, 0.6) is 0 Å². The molecule has 0 aromatic carbocycles. The van der Waals surface area contributed by atoms with E-state index in [2.05, 4.69) is 60.8 Å². The molecule has 0 saturated heterocycles. The van der Waals surface area contributed by atoms with Gasteiger partial charge in [-0.15, -0.1) is 13.2 Å². The van der Waals surface area contributed by atoms with E-state index < -0.39 is 0 Å².